The number of hydrogen-bond acceptors (Lipinski definition) is 2. The van der Waals surface area contributed by atoms with E-state index in [4.69, 9.17) is 0 Å². The van der Waals surface area contributed by atoms with Crippen LogP contribution in [0.1, 0.15) is 43.6 Å². The van der Waals surface area contributed by atoms with Crippen molar-refractivity contribution < 1.29 is 0 Å². The van der Waals surface area contributed by atoms with Crippen LogP contribution in [0.25, 0.3) is 11.3 Å². The molecule has 2 aromatic rings. The molecule has 1 fully saturated rings. The second kappa shape index (κ2) is 5.57. The first-order valence-corrected chi connectivity index (χ1v) is 7.24. The predicted octanol–water partition coefficient (Wildman–Crippen LogP) is 3.45. The maximum absolute atomic E-state index is 4.52. The van der Waals surface area contributed by atoms with Crippen molar-refractivity contribution in [2.45, 2.75) is 38.6 Å². The standard InChI is InChI=1S/C16H21N3/c1-2-4-12-6-8-13(9-7-12)15-11-18-16(19-15)14-5-3-10-17-14/h6-9,11,14,17H,2-5,10H2,1H3,(H,18,19). The zero-order valence-corrected chi connectivity index (χ0v) is 11.4. The molecule has 0 bridgehead atoms. The van der Waals surface area contributed by atoms with Gasteiger partial charge in [0.15, 0.2) is 0 Å². The average Bonchev–Trinajstić information content (AvgIpc) is 3.11. The Bertz CT molecular complexity index is 521. The molecule has 0 radical (unpaired) electrons. The summed E-state index contributed by atoms with van der Waals surface area (Å²) in [4.78, 5) is 7.96. The molecule has 2 N–H and O–H groups in total. The van der Waals surface area contributed by atoms with E-state index in [1.165, 1.54) is 30.4 Å². The highest BCUT2D eigenvalue weighted by Crippen LogP contribution is 2.24. The Kier molecular flexibility index (Phi) is 3.65. The Morgan fingerprint density at radius 2 is 2.11 bits per heavy atom. The largest absolute Gasteiger partial charge is 0.341 e. The smallest absolute Gasteiger partial charge is 0.123 e. The number of aromatic nitrogens is 2. The molecule has 1 aliphatic rings. The average molecular weight is 255 g/mol. The van der Waals surface area contributed by atoms with Crippen molar-refractivity contribution in [1.82, 2.24) is 15.3 Å². The van der Waals surface area contributed by atoms with Crippen molar-refractivity contribution in [2.24, 2.45) is 0 Å². The summed E-state index contributed by atoms with van der Waals surface area (Å²) in [6.45, 7) is 3.32. The minimum absolute atomic E-state index is 0.410. The first-order chi connectivity index (χ1) is 9.36. The molecular weight excluding hydrogens is 234 g/mol. The van der Waals surface area contributed by atoms with Gasteiger partial charge in [-0.05, 0) is 36.9 Å². The maximum Gasteiger partial charge on any atom is 0.123 e. The molecule has 3 rings (SSSR count). The molecular formula is C16H21N3. The number of nitrogens with zero attached hydrogens (tertiary/aromatic N) is 1. The Morgan fingerprint density at radius 3 is 2.79 bits per heavy atom. The van der Waals surface area contributed by atoms with Gasteiger partial charge < -0.3 is 10.3 Å². The fourth-order valence-corrected chi connectivity index (χ4v) is 2.72. The molecule has 1 aromatic carbocycles. The highest BCUT2D eigenvalue weighted by Gasteiger charge is 2.19. The van der Waals surface area contributed by atoms with Gasteiger partial charge in [0.25, 0.3) is 0 Å². The second-order valence-electron chi connectivity index (χ2n) is 5.28. The van der Waals surface area contributed by atoms with Crippen LogP contribution in [0, 0.1) is 0 Å². The van der Waals surface area contributed by atoms with E-state index in [2.05, 4.69) is 46.5 Å². The molecule has 3 heteroatoms. The lowest BCUT2D eigenvalue weighted by molar-refractivity contribution is 0.613. The minimum atomic E-state index is 0.410. The zero-order valence-electron chi connectivity index (χ0n) is 11.4. The highest BCUT2D eigenvalue weighted by molar-refractivity contribution is 5.58. The van der Waals surface area contributed by atoms with Crippen LogP contribution in [0.5, 0.6) is 0 Å². The summed E-state index contributed by atoms with van der Waals surface area (Å²) >= 11 is 0. The summed E-state index contributed by atoms with van der Waals surface area (Å²) in [5.74, 6) is 1.07. The van der Waals surface area contributed by atoms with E-state index in [1.807, 2.05) is 6.20 Å². The van der Waals surface area contributed by atoms with Crippen LogP contribution in [-0.2, 0) is 6.42 Å². The number of aryl methyl sites for hydroxylation is 1. The third-order valence-electron chi connectivity index (χ3n) is 3.79. The van der Waals surface area contributed by atoms with Crippen LogP contribution in [0.2, 0.25) is 0 Å². The molecule has 1 atom stereocenters. The molecule has 0 saturated carbocycles. The zero-order chi connectivity index (χ0) is 13.1. The first kappa shape index (κ1) is 12.4. The van der Waals surface area contributed by atoms with E-state index >= 15 is 0 Å². The summed E-state index contributed by atoms with van der Waals surface area (Å²) in [5.41, 5.74) is 3.74. The van der Waals surface area contributed by atoms with E-state index in [0.29, 0.717) is 6.04 Å². The van der Waals surface area contributed by atoms with Crippen molar-refractivity contribution >= 4 is 0 Å². The lowest BCUT2D eigenvalue weighted by atomic mass is 10.1. The molecule has 1 unspecified atom stereocenters. The molecule has 1 aromatic heterocycles. The van der Waals surface area contributed by atoms with Crippen molar-refractivity contribution in [2.75, 3.05) is 6.54 Å². The Hall–Kier alpha value is -1.61. The number of aromatic amines is 1. The van der Waals surface area contributed by atoms with E-state index in [1.54, 1.807) is 0 Å². The van der Waals surface area contributed by atoms with Gasteiger partial charge in [-0.15, -0.1) is 0 Å². The van der Waals surface area contributed by atoms with E-state index in [9.17, 15) is 0 Å². The lowest BCUT2D eigenvalue weighted by Crippen LogP contribution is -2.14. The Morgan fingerprint density at radius 1 is 1.26 bits per heavy atom. The molecule has 0 amide bonds. The van der Waals surface area contributed by atoms with Crippen molar-refractivity contribution in [3.8, 4) is 11.3 Å². The van der Waals surface area contributed by atoms with Gasteiger partial charge in [0, 0.05) is 0 Å². The number of nitrogens with one attached hydrogen (secondary N) is 2. The summed E-state index contributed by atoms with van der Waals surface area (Å²) in [7, 11) is 0. The molecule has 19 heavy (non-hydrogen) atoms. The number of hydrogen-bond donors (Lipinski definition) is 2. The number of benzene rings is 1. The summed E-state index contributed by atoms with van der Waals surface area (Å²) in [5, 5.41) is 3.47. The van der Waals surface area contributed by atoms with E-state index in [-0.39, 0.29) is 0 Å². The third kappa shape index (κ3) is 2.71. The van der Waals surface area contributed by atoms with Gasteiger partial charge in [-0.25, -0.2) is 4.98 Å². The van der Waals surface area contributed by atoms with Crippen LogP contribution in [0.4, 0.5) is 0 Å². The fourth-order valence-electron chi connectivity index (χ4n) is 2.72. The normalized spacial score (nSPS) is 18.9. The molecule has 0 aliphatic carbocycles. The molecule has 1 saturated heterocycles. The quantitative estimate of drug-likeness (QED) is 0.878. The molecule has 0 spiro atoms. The Balaban J connectivity index is 1.77. The highest BCUT2D eigenvalue weighted by atomic mass is 15.0. The number of imidazole rings is 1. The van der Waals surface area contributed by atoms with Crippen molar-refractivity contribution in [1.29, 1.82) is 0 Å². The Labute approximate surface area is 114 Å². The first-order valence-electron chi connectivity index (χ1n) is 7.24. The molecule has 100 valence electrons. The molecule has 3 nitrogen and oxygen atoms in total. The summed E-state index contributed by atoms with van der Waals surface area (Å²) in [6, 6.07) is 9.21. The molecule has 2 heterocycles. The van der Waals surface area contributed by atoms with Crippen LogP contribution in [0.15, 0.2) is 30.5 Å². The minimum Gasteiger partial charge on any atom is -0.341 e. The van der Waals surface area contributed by atoms with Crippen LogP contribution in [0.3, 0.4) is 0 Å². The van der Waals surface area contributed by atoms with Crippen molar-refractivity contribution in [3.63, 3.8) is 0 Å². The number of H-pyrrole nitrogens is 1. The van der Waals surface area contributed by atoms with Crippen LogP contribution >= 0.6 is 0 Å². The third-order valence-corrected chi connectivity index (χ3v) is 3.79. The SMILES string of the molecule is CCCc1ccc(-c2cnc(C3CCCN3)[nH]2)cc1. The van der Waals surface area contributed by atoms with Crippen LogP contribution in [-0.4, -0.2) is 16.5 Å². The van der Waals surface area contributed by atoms with Gasteiger partial charge in [-0.1, -0.05) is 37.6 Å². The predicted molar refractivity (Wildman–Crippen MR) is 78.0 cm³/mol. The summed E-state index contributed by atoms with van der Waals surface area (Å²) in [6.07, 6.45) is 6.72. The lowest BCUT2D eigenvalue weighted by Gasteiger charge is -2.05. The molecule has 1 aliphatic heterocycles. The van der Waals surface area contributed by atoms with Gasteiger partial charge in [-0.3, -0.25) is 0 Å². The van der Waals surface area contributed by atoms with Crippen molar-refractivity contribution in [3.05, 3.63) is 41.9 Å². The van der Waals surface area contributed by atoms with Gasteiger partial charge in [0.2, 0.25) is 0 Å². The number of rotatable bonds is 4. The van der Waals surface area contributed by atoms with Crippen LogP contribution < -0.4 is 5.32 Å². The maximum atomic E-state index is 4.52. The van der Waals surface area contributed by atoms with Gasteiger partial charge in [0.05, 0.1) is 17.9 Å². The fraction of sp³-hybridized carbons (Fsp3) is 0.438. The summed E-state index contributed by atoms with van der Waals surface area (Å²) < 4.78 is 0. The second-order valence-corrected chi connectivity index (χ2v) is 5.28. The van der Waals surface area contributed by atoms with Gasteiger partial charge in [-0.2, -0.15) is 0 Å². The monoisotopic (exact) mass is 255 g/mol. The van der Waals surface area contributed by atoms with Gasteiger partial charge in [0.1, 0.15) is 5.82 Å². The topological polar surface area (TPSA) is 40.7 Å². The van der Waals surface area contributed by atoms with E-state index in [0.717, 1.165) is 24.5 Å². The van der Waals surface area contributed by atoms with E-state index < -0.39 is 0 Å². The van der Waals surface area contributed by atoms with Gasteiger partial charge >= 0.3 is 0 Å².